The molecule has 0 fully saturated rings. The van der Waals surface area contributed by atoms with Crippen LogP contribution in [0.25, 0.3) is 5.70 Å². The number of nitrogens with zero attached hydrogens (tertiary/aromatic N) is 3. The number of hydrogen-bond acceptors (Lipinski definition) is 5. The summed E-state index contributed by atoms with van der Waals surface area (Å²) in [5.41, 5.74) is 4.80. The highest BCUT2D eigenvalue weighted by Gasteiger charge is 2.19. The first kappa shape index (κ1) is 23.5. The Morgan fingerprint density at radius 1 is 1.12 bits per heavy atom. The lowest BCUT2D eigenvalue weighted by Crippen LogP contribution is -2.24. The molecule has 1 aliphatic rings. The van der Waals surface area contributed by atoms with Gasteiger partial charge in [-0.25, -0.2) is 9.98 Å². The van der Waals surface area contributed by atoms with E-state index in [1.807, 2.05) is 12.1 Å². The maximum atomic E-state index is 15.0. The fourth-order valence-corrected chi connectivity index (χ4v) is 3.62. The van der Waals surface area contributed by atoms with Gasteiger partial charge in [0.1, 0.15) is 5.75 Å². The molecule has 3 aromatic rings. The third-order valence-corrected chi connectivity index (χ3v) is 6.02. The Hall–Kier alpha value is -3.67. The predicted molar refractivity (Wildman–Crippen MR) is 135 cm³/mol. The van der Waals surface area contributed by atoms with E-state index in [4.69, 9.17) is 9.47 Å². The molecule has 2 heterocycles. The van der Waals surface area contributed by atoms with E-state index in [-0.39, 0.29) is 11.6 Å². The van der Waals surface area contributed by atoms with Crippen molar-refractivity contribution >= 4 is 17.7 Å². The lowest BCUT2D eigenvalue weighted by Gasteiger charge is -2.27. The van der Waals surface area contributed by atoms with Gasteiger partial charge < -0.3 is 14.4 Å². The molecule has 0 radical (unpaired) electrons. The zero-order valence-electron chi connectivity index (χ0n) is 19.9. The summed E-state index contributed by atoms with van der Waals surface area (Å²) in [6.45, 7) is 11.5. The molecule has 0 amide bonds. The minimum Gasteiger partial charge on any atom is -0.490 e. The summed E-state index contributed by atoms with van der Waals surface area (Å²) in [6.07, 6.45) is 5.20. The Bertz CT molecular complexity index is 1190. The second-order valence-electron chi connectivity index (χ2n) is 8.66. The fraction of sp³-hybridized carbons (Fsp3) is 0.286. The van der Waals surface area contributed by atoms with Crippen molar-refractivity contribution in [1.29, 1.82) is 0 Å². The maximum absolute atomic E-state index is 15.0. The van der Waals surface area contributed by atoms with Crippen LogP contribution in [0, 0.1) is 18.7 Å². The van der Waals surface area contributed by atoms with Gasteiger partial charge >= 0.3 is 0 Å². The molecule has 0 aliphatic carbocycles. The molecule has 34 heavy (non-hydrogen) atoms. The number of pyridine rings is 1. The van der Waals surface area contributed by atoms with E-state index in [0.29, 0.717) is 30.5 Å². The van der Waals surface area contributed by atoms with E-state index in [1.165, 1.54) is 23.4 Å². The Morgan fingerprint density at radius 2 is 1.91 bits per heavy atom. The molecular weight excluding hydrogens is 429 g/mol. The van der Waals surface area contributed by atoms with Gasteiger partial charge in [-0.15, -0.1) is 0 Å². The van der Waals surface area contributed by atoms with Crippen LogP contribution < -0.4 is 14.4 Å². The number of aliphatic imine (C=N–C) groups is 1. The van der Waals surface area contributed by atoms with Gasteiger partial charge in [0, 0.05) is 24.4 Å². The van der Waals surface area contributed by atoms with Crippen molar-refractivity contribution < 1.29 is 13.9 Å². The number of ether oxygens (including phenoxy) is 2. The summed E-state index contributed by atoms with van der Waals surface area (Å²) in [6, 6.07) is 15.5. The topological polar surface area (TPSA) is 47.0 Å². The third-order valence-electron chi connectivity index (χ3n) is 6.02. The highest BCUT2D eigenvalue weighted by Crippen LogP contribution is 2.36. The van der Waals surface area contributed by atoms with E-state index >= 15 is 0 Å². The fourth-order valence-electron chi connectivity index (χ4n) is 3.62. The molecular formula is C28H30FN3O2. The molecule has 2 aromatic carbocycles. The van der Waals surface area contributed by atoms with Gasteiger partial charge in [0.25, 0.3) is 5.88 Å². The van der Waals surface area contributed by atoms with Gasteiger partial charge in [0.15, 0.2) is 5.75 Å². The molecule has 6 heteroatoms. The summed E-state index contributed by atoms with van der Waals surface area (Å²) >= 11 is 0. The van der Waals surface area contributed by atoms with Crippen molar-refractivity contribution in [3.05, 3.63) is 83.8 Å². The normalized spacial score (nSPS) is 13.5. The van der Waals surface area contributed by atoms with Crippen LogP contribution in [0.5, 0.6) is 17.4 Å². The van der Waals surface area contributed by atoms with Crippen molar-refractivity contribution in [2.75, 3.05) is 11.5 Å². The standard InChI is InChI=1S/C28H30FN3O2/c1-5-19(2)13-15-33-26-12-14-30-28(27(26)29)34-23-10-11-25-24(16-23)21(4)31-18-32(25)17-22-8-6-20(3)7-9-22/h6-12,14,16,18-19H,4-5,13,15,17H2,1-3H3. The molecule has 0 saturated heterocycles. The number of rotatable bonds is 9. The van der Waals surface area contributed by atoms with Crippen LogP contribution >= 0.6 is 0 Å². The van der Waals surface area contributed by atoms with Crippen LogP contribution in [0.4, 0.5) is 10.1 Å². The van der Waals surface area contributed by atoms with Crippen molar-refractivity contribution in [2.24, 2.45) is 10.9 Å². The highest BCUT2D eigenvalue weighted by molar-refractivity contribution is 5.94. The van der Waals surface area contributed by atoms with E-state index in [1.54, 1.807) is 12.4 Å². The molecule has 4 rings (SSSR count). The zero-order chi connectivity index (χ0) is 24.1. The minimum atomic E-state index is -0.609. The van der Waals surface area contributed by atoms with E-state index in [2.05, 4.69) is 66.5 Å². The van der Waals surface area contributed by atoms with E-state index in [9.17, 15) is 4.39 Å². The van der Waals surface area contributed by atoms with Crippen LogP contribution in [0.3, 0.4) is 0 Å². The van der Waals surface area contributed by atoms with Gasteiger partial charge in [-0.2, -0.15) is 4.39 Å². The molecule has 1 aliphatic heterocycles. The lowest BCUT2D eigenvalue weighted by molar-refractivity contribution is 0.265. The number of halogens is 1. The SMILES string of the molecule is C=C1N=CN(Cc2ccc(C)cc2)c2ccc(Oc3nccc(OCCC(C)CC)c3F)cc21. The largest absolute Gasteiger partial charge is 0.490 e. The molecule has 0 saturated carbocycles. The number of anilines is 1. The number of aromatic nitrogens is 1. The second kappa shape index (κ2) is 10.5. The van der Waals surface area contributed by atoms with Crippen molar-refractivity contribution in [3.8, 4) is 17.4 Å². The second-order valence-corrected chi connectivity index (χ2v) is 8.66. The third kappa shape index (κ3) is 5.45. The molecule has 1 atom stereocenters. The number of aryl methyl sites for hydroxylation is 1. The molecule has 0 N–H and O–H groups in total. The first-order valence-corrected chi connectivity index (χ1v) is 11.6. The van der Waals surface area contributed by atoms with E-state index in [0.717, 1.165) is 24.1 Å². The van der Waals surface area contributed by atoms with Crippen LogP contribution in [0.15, 0.2) is 66.3 Å². The van der Waals surface area contributed by atoms with Crippen LogP contribution in [-0.2, 0) is 6.54 Å². The Kier molecular flexibility index (Phi) is 7.26. The summed E-state index contributed by atoms with van der Waals surface area (Å²) in [7, 11) is 0. The average molecular weight is 460 g/mol. The monoisotopic (exact) mass is 459 g/mol. The van der Waals surface area contributed by atoms with Crippen molar-refractivity contribution in [1.82, 2.24) is 4.98 Å². The summed E-state index contributed by atoms with van der Waals surface area (Å²) in [5.74, 6) is 0.391. The quantitative estimate of drug-likeness (QED) is 0.341. The lowest BCUT2D eigenvalue weighted by atomic mass is 10.1. The highest BCUT2D eigenvalue weighted by atomic mass is 19.1. The Balaban J connectivity index is 1.50. The Morgan fingerprint density at radius 3 is 2.68 bits per heavy atom. The first-order valence-electron chi connectivity index (χ1n) is 11.6. The molecule has 1 unspecified atom stereocenters. The molecule has 176 valence electrons. The zero-order valence-corrected chi connectivity index (χ0v) is 19.9. The number of fused-ring (bicyclic) bond motifs is 1. The van der Waals surface area contributed by atoms with Crippen LogP contribution in [-0.4, -0.2) is 17.9 Å². The Labute approximate surface area is 200 Å². The van der Waals surface area contributed by atoms with Crippen LogP contribution in [0.2, 0.25) is 0 Å². The van der Waals surface area contributed by atoms with Gasteiger partial charge in [-0.1, -0.05) is 56.7 Å². The summed E-state index contributed by atoms with van der Waals surface area (Å²) in [5, 5.41) is 0. The smallest absolute Gasteiger partial charge is 0.259 e. The maximum Gasteiger partial charge on any atom is 0.259 e. The first-order chi connectivity index (χ1) is 16.4. The van der Waals surface area contributed by atoms with Crippen molar-refractivity contribution in [3.63, 3.8) is 0 Å². The summed E-state index contributed by atoms with van der Waals surface area (Å²) in [4.78, 5) is 10.6. The number of benzene rings is 2. The molecule has 5 nitrogen and oxygen atoms in total. The van der Waals surface area contributed by atoms with Gasteiger partial charge in [-0.3, -0.25) is 0 Å². The minimum absolute atomic E-state index is 0.123. The van der Waals surface area contributed by atoms with Gasteiger partial charge in [-0.05, 0) is 43.0 Å². The average Bonchev–Trinajstić information content (AvgIpc) is 2.84. The predicted octanol–water partition coefficient (Wildman–Crippen LogP) is 7.16. The van der Waals surface area contributed by atoms with Crippen molar-refractivity contribution in [2.45, 2.75) is 40.2 Å². The van der Waals surface area contributed by atoms with Gasteiger partial charge in [0.05, 0.1) is 24.3 Å². The summed E-state index contributed by atoms with van der Waals surface area (Å²) < 4.78 is 26.4. The molecule has 0 spiro atoms. The van der Waals surface area contributed by atoms with Gasteiger partial charge in [0.2, 0.25) is 5.82 Å². The van der Waals surface area contributed by atoms with Crippen LogP contribution in [0.1, 0.15) is 43.4 Å². The van der Waals surface area contributed by atoms with E-state index < -0.39 is 5.82 Å². The number of hydrogen-bond donors (Lipinski definition) is 0. The molecule has 0 bridgehead atoms. The molecule has 1 aromatic heterocycles.